The van der Waals surface area contributed by atoms with Crippen LogP contribution >= 0.6 is 0 Å². The number of alkyl halides is 9. The van der Waals surface area contributed by atoms with Gasteiger partial charge in [0.1, 0.15) is 52.4 Å². The molecule has 1 aliphatic rings. The highest BCUT2D eigenvalue weighted by Crippen LogP contribution is 2.39. The Balaban J connectivity index is 0.000000213. The first-order chi connectivity index (χ1) is 71.0. The van der Waals surface area contributed by atoms with Crippen LogP contribution in [0.15, 0.2) is 228 Å². The molecule has 3 unspecified atom stereocenters. The first-order valence-corrected chi connectivity index (χ1v) is 50.9. The van der Waals surface area contributed by atoms with E-state index < -0.39 is 171 Å². The predicted octanol–water partition coefficient (Wildman–Crippen LogP) is 21.6. The molecule has 4 heterocycles. The normalized spacial score (nSPS) is 13.3. The molecule has 0 aliphatic carbocycles. The Morgan fingerprint density at radius 3 is 1.09 bits per heavy atom. The van der Waals surface area contributed by atoms with Crippen LogP contribution in [0.25, 0.3) is 33.4 Å². The molecule has 3 aromatic heterocycles. The maximum absolute atomic E-state index is 15.4. The number of ether oxygens (including phenoxy) is 5. The molecule has 1 fully saturated rings. The molecule has 0 saturated carbocycles. The van der Waals surface area contributed by atoms with Crippen LogP contribution in [0.3, 0.4) is 0 Å². The maximum Gasteiger partial charge on any atom is 0.442 e. The van der Waals surface area contributed by atoms with Crippen LogP contribution in [0.1, 0.15) is 67.0 Å². The zero-order valence-electron chi connectivity index (χ0n) is 81.1. The van der Waals surface area contributed by atoms with E-state index in [-0.39, 0.29) is 65.7 Å². The average Bonchev–Trinajstić information content (AvgIpc) is 0.796. The van der Waals surface area contributed by atoms with E-state index in [0.717, 1.165) is 18.2 Å². The number of methoxy groups -OCH3 is 1. The van der Waals surface area contributed by atoms with Gasteiger partial charge in [0, 0.05) is 132 Å². The minimum atomic E-state index is -4.73. The molecule has 0 spiro atoms. The van der Waals surface area contributed by atoms with E-state index in [9.17, 15) is 94.1 Å². The molecule has 12 aromatic rings. The number of rotatable bonds is 34. The number of likely N-dealkylation sites (N-methyl/N-ethyl adjacent to an activating group) is 1. The highest BCUT2D eigenvalue weighted by atomic mass is 32.2. The van der Waals surface area contributed by atoms with Gasteiger partial charge in [-0.3, -0.25) is 14.4 Å². The highest BCUT2D eigenvalue weighted by molar-refractivity contribution is 7.93. The van der Waals surface area contributed by atoms with Gasteiger partial charge in [-0.15, -0.1) is 13.1 Å². The van der Waals surface area contributed by atoms with E-state index in [1.54, 1.807) is 63.2 Å². The van der Waals surface area contributed by atoms with E-state index >= 15 is 13.2 Å². The number of amides is 6. The van der Waals surface area contributed by atoms with Gasteiger partial charge in [0.2, 0.25) is 35.6 Å². The van der Waals surface area contributed by atoms with E-state index in [0.29, 0.717) is 185 Å². The molecule has 6 amide bonds. The van der Waals surface area contributed by atoms with Gasteiger partial charge >= 0.3 is 36.8 Å². The topological polar surface area (TPSA) is 426 Å². The summed E-state index contributed by atoms with van der Waals surface area (Å²) < 4.78 is 280. The van der Waals surface area contributed by atoms with Crippen molar-refractivity contribution in [3.05, 3.63) is 269 Å². The molecule has 9 aromatic carbocycles. The summed E-state index contributed by atoms with van der Waals surface area (Å²) >= 11 is 0. The number of halogens is 15. The summed E-state index contributed by atoms with van der Waals surface area (Å²) in [6, 6.07) is 35.7. The summed E-state index contributed by atoms with van der Waals surface area (Å²) in [7, 11) is -3.94. The third kappa shape index (κ3) is 33.3. The Morgan fingerprint density at radius 1 is 0.413 bits per heavy atom. The second-order valence-electron chi connectivity index (χ2n) is 32.9. The van der Waals surface area contributed by atoms with Crippen molar-refractivity contribution in [2.45, 2.75) is 92.1 Å². The van der Waals surface area contributed by atoms with Gasteiger partial charge in [-0.25, -0.2) is 68.3 Å². The van der Waals surface area contributed by atoms with E-state index in [1.807, 2.05) is 19.0 Å². The van der Waals surface area contributed by atoms with Crippen molar-refractivity contribution in [2.24, 2.45) is 13.1 Å². The third-order valence-corrected chi connectivity index (χ3v) is 26.3. The van der Waals surface area contributed by atoms with Crippen LogP contribution in [0.4, 0.5) is 150 Å². The SMILES string of the molecule is CCOC(=O)N=S(C)(=O)c1ccc(Nc2ncc(-c3ccc(NC(=O)Cc4cc(C(F)(F)F)ccc4F)c(F)c3)c(NCCN(C)C)n2)cc1.CCOC(=O)N=S(C)(=O)c1ccc(Nc2ncc(-c3ccc(NC(=O)Cc4cc(C(F)(F)F)ccc4F)c(F)c3)c(NCCOC)n2)cc1.CCOC(=O)N=S(C)(=O)c1cccc(Nc2ncc(-c3ccc(NC(=O)Cc4cc(C(F)(F)F)ccc4F)c(F)c3)c(NC3CCOCC3)n2)c1. The fourth-order valence-corrected chi connectivity index (χ4v) is 17.3. The number of carbonyl (C=O) groups excluding carboxylic acids is 6. The highest BCUT2D eigenvalue weighted by Gasteiger charge is 2.35. The van der Waals surface area contributed by atoms with Crippen molar-refractivity contribution < 1.29 is 131 Å². The van der Waals surface area contributed by atoms with Gasteiger partial charge < -0.3 is 76.4 Å². The number of hydrogen-bond donors (Lipinski definition) is 9. The molecule has 796 valence electrons. The number of hydrogen-bond acceptors (Lipinski definition) is 27. The first-order valence-electron chi connectivity index (χ1n) is 45.2. The van der Waals surface area contributed by atoms with Crippen molar-refractivity contribution in [3.8, 4) is 33.4 Å². The van der Waals surface area contributed by atoms with Crippen LogP contribution in [-0.4, -0.2) is 189 Å². The molecular weight excluding hydrogens is 2060 g/mol. The van der Waals surface area contributed by atoms with E-state index in [1.165, 1.54) is 111 Å². The minimum absolute atomic E-state index is 0.0301. The van der Waals surface area contributed by atoms with Crippen LogP contribution in [0.5, 0.6) is 0 Å². The summed E-state index contributed by atoms with van der Waals surface area (Å²) in [6.45, 7) is 7.89. The molecule has 3 atom stereocenters. The fraction of sp³-hybridized carbons (Fsp3) is 0.273. The number of anilines is 12. The first kappa shape index (κ1) is 115. The largest absolute Gasteiger partial charge is 0.448 e. The summed E-state index contributed by atoms with van der Waals surface area (Å²) in [5, 5.41) is 25.6. The summed E-state index contributed by atoms with van der Waals surface area (Å²) in [4.78, 5) is 102. The second-order valence-corrected chi connectivity index (χ2v) is 39.7. The van der Waals surface area contributed by atoms with Crippen LogP contribution in [0, 0.1) is 34.9 Å². The standard InChI is InChI=1S/C34H33F5N6O5S.C33H34F5N7O4S.C32H31F5N6O5S/c1-3-50-33(47)45-51(2,48)25-6-4-5-24(18-25)42-32-40-19-26(31(44-32)41-23-11-13-49-14-12-23)20-7-10-29(28(36)16-20)43-30(46)17-21-15-22(34(37,38)39)8-9-27(21)35;1-5-49-32(47)44-50(4,48)24-10-8-23(9-11-24)41-31-40-19-25(30(43-31)39-14-15-45(2)3)20-6-13-28(27(35)17-20)42-29(46)18-21-16-22(33(36,37)38)7-12-26(21)34;1-4-48-31(45)43-49(3,46)23-9-7-22(8-10-23)40-30-39-18-24(29(42-30)38-13-14-47-2)19-5-12-27(26(34)16-19)41-28(44)17-20-15-21(32(35,36)37)6-11-25(20)33/h4-10,15-16,18-19,23H,3,11-14,17H2,1-2H3,(H,43,46)(H2,40,41,42,44);6-13,16-17,19H,5,14-15,18H2,1-4H3,(H,42,46)(H2,39,40,41,43);5-12,15-16,18H,4,13-14,17H2,1-3H3,(H,41,44)(H2,38,39,40,42). The Morgan fingerprint density at radius 2 is 0.753 bits per heavy atom. The molecule has 1 saturated heterocycles. The molecule has 0 bridgehead atoms. The Kier molecular flexibility index (Phi) is 39.4. The lowest BCUT2D eigenvalue weighted by atomic mass is 10.0. The fourth-order valence-electron chi connectivity index (χ4n) is 14.0. The maximum atomic E-state index is 15.4. The zero-order valence-corrected chi connectivity index (χ0v) is 83.6. The monoisotopic (exact) mass is 2160 g/mol. The molecule has 51 heteroatoms. The van der Waals surface area contributed by atoms with Gasteiger partial charge in [-0.05, 0) is 239 Å². The molecule has 9 N–H and O–H groups in total. The lowest BCUT2D eigenvalue weighted by molar-refractivity contribution is -0.138. The van der Waals surface area contributed by atoms with Crippen LogP contribution < -0.4 is 47.9 Å². The molecule has 33 nitrogen and oxygen atoms in total. The summed E-state index contributed by atoms with van der Waals surface area (Å²) in [5.74, 6) is -6.89. The van der Waals surface area contributed by atoms with Crippen LogP contribution in [-0.2, 0) is 105 Å². The second kappa shape index (κ2) is 51.4. The van der Waals surface area contributed by atoms with Gasteiger partial charge in [0.25, 0.3) is 0 Å². The smallest absolute Gasteiger partial charge is 0.442 e. The van der Waals surface area contributed by atoms with Crippen LogP contribution in [0.2, 0.25) is 0 Å². The average molecular weight is 2160 g/mol. The van der Waals surface area contributed by atoms with Gasteiger partial charge in [-0.1, -0.05) is 24.3 Å². The lowest BCUT2D eigenvalue weighted by Gasteiger charge is -2.25. The van der Waals surface area contributed by atoms with Crippen molar-refractivity contribution in [3.63, 3.8) is 0 Å². The number of carbonyl (C=O) groups is 6. The number of nitrogens with one attached hydrogen (secondary N) is 9. The molecule has 1 aliphatic heterocycles. The lowest BCUT2D eigenvalue weighted by Crippen LogP contribution is -2.28. The Bertz CT molecular complexity index is 7330. The van der Waals surface area contributed by atoms with E-state index in [4.69, 9.17) is 23.7 Å². The summed E-state index contributed by atoms with van der Waals surface area (Å²) in [5.41, 5.74) is -1.92. The van der Waals surface area contributed by atoms with Gasteiger partial charge in [-0.2, -0.15) is 54.5 Å². The Labute approximate surface area is 850 Å². The number of aromatic nitrogens is 6. The van der Waals surface area contributed by atoms with Crippen molar-refractivity contribution in [2.75, 3.05) is 147 Å². The van der Waals surface area contributed by atoms with Gasteiger partial charge in [0.05, 0.1) is 109 Å². The molecular formula is C99H98F15N19O14S3. The summed E-state index contributed by atoms with van der Waals surface area (Å²) in [6.07, 6.45) is -9.57. The third-order valence-electron chi connectivity index (χ3n) is 21.4. The van der Waals surface area contributed by atoms with Crippen molar-refractivity contribution in [1.82, 2.24) is 34.8 Å². The zero-order chi connectivity index (χ0) is 109. The molecule has 150 heavy (non-hydrogen) atoms. The minimum Gasteiger partial charge on any atom is -0.448 e. The number of nitrogens with zero attached hydrogens (tertiary/aromatic N) is 10. The molecule has 13 rings (SSSR count). The quantitative estimate of drug-likeness (QED) is 0.0103. The molecule has 0 radical (unpaired) electrons. The predicted molar refractivity (Wildman–Crippen MR) is 533 cm³/mol. The van der Waals surface area contributed by atoms with Crippen molar-refractivity contribution >= 4 is 135 Å². The van der Waals surface area contributed by atoms with Gasteiger partial charge in [0.15, 0.2) is 0 Å². The Hall–Kier alpha value is -15.5. The van der Waals surface area contributed by atoms with Crippen molar-refractivity contribution in [1.29, 1.82) is 0 Å². The van der Waals surface area contributed by atoms with E-state index in [2.05, 4.69) is 90.8 Å². The number of benzene rings is 9.